The molecule has 0 spiro atoms. The first-order chi connectivity index (χ1) is 11.4. The molecule has 0 saturated carbocycles. The Balaban J connectivity index is 2.23. The van der Waals surface area contributed by atoms with Crippen LogP contribution in [0.1, 0.15) is 15.9 Å². The SMILES string of the molecule is COc1cc([N+](=O)[O-])cc(C=NNC(=O)c2ccccc2Cl)c1O. The first-order valence-corrected chi connectivity index (χ1v) is 6.95. The van der Waals surface area contributed by atoms with Crippen LogP contribution in [0.4, 0.5) is 5.69 Å². The quantitative estimate of drug-likeness (QED) is 0.489. The third-order valence-electron chi connectivity index (χ3n) is 3.01. The monoisotopic (exact) mass is 349 g/mol. The fourth-order valence-corrected chi connectivity index (χ4v) is 2.06. The summed E-state index contributed by atoms with van der Waals surface area (Å²) in [4.78, 5) is 22.2. The van der Waals surface area contributed by atoms with E-state index in [0.717, 1.165) is 18.3 Å². The first-order valence-electron chi connectivity index (χ1n) is 6.57. The highest BCUT2D eigenvalue weighted by molar-refractivity contribution is 6.33. The molecule has 0 aliphatic heterocycles. The smallest absolute Gasteiger partial charge is 0.274 e. The molecule has 2 N–H and O–H groups in total. The first kappa shape index (κ1) is 17.2. The molecule has 0 aromatic heterocycles. The minimum Gasteiger partial charge on any atom is -0.504 e. The molecule has 0 aliphatic rings. The van der Waals surface area contributed by atoms with E-state index < -0.39 is 10.8 Å². The van der Waals surface area contributed by atoms with E-state index in [1.807, 2.05) is 0 Å². The van der Waals surface area contributed by atoms with Crippen LogP contribution >= 0.6 is 11.6 Å². The third-order valence-corrected chi connectivity index (χ3v) is 3.34. The third kappa shape index (κ3) is 3.79. The summed E-state index contributed by atoms with van der Waals surface area (Å²) in [5.41, 5.74) is 2.17. The number of nitro benzene ring substituents is 1. The molecule has 0 saturated heterocycles. The molecule has 2 aromatic rings. The maximum Gasteiger partial charge on any atom is 0.274 e. The standard InChI is InChI=1S/C15H12ClN3O5/c1-24-13-7-10(19(22)23)6-9(14(13)20)8-17-18-15(21)11-4-2-3-5-12(11)16/h2-8,20H,1H3,(H,18,21). The summed E-state index contributed by atoms with van der Waals surface area (Å²) in [5, 5.41) is 24.8. The fourth-order valence-electron chi connectivity index (χ4n) is 1.84. The summed E-state index contributed by atoms with van der Waals surface area (Å²) in [6, 6.07) is 8.56. The van der Waals surface area contributed by atoms with Crippen molar-refractivity contribution < 1.29 is 19.6 Å². The zero-order valence-electron chi connectivity index (χ0n) is 12.4. The number of halogens is 1. The van der Waals surface area contributed by atoms with Gasteiger partial charge < -0.3 is 9.84 Å². The molecule has 9 heteroatoms. The lowest BCUT2D eigenvalue weighted by molar-refractivity contribution is -0.385. The Morgan fingerprint density at radius 1 is 1.42 bits per heavy atom. The number of non-ortho nitro benzene ring substituents is 1. The number of carbonyl (C=O) groups excluding carboxylic acids is 1. The number of aromatic hydroxyl groups is 1. The van der Waals surface area contributed by atoms with Crippen molar-refractivity contribution in [2.75, 3.05) is 7.11 Å². The predicted molar refractivity (Wildman–Crippen MR) is 87.8 cm³/mol. The van der Waals surface area contributed by atoms with Crippen molar-refractivity contribution in [3.63, 3.8) is 0 Å². The van der Waals surface area contributed by atoms with Gasteiger partial charge in [-0.3, -0.25) is 14.9 Å². The van der Waals surface area contributed by atoms with Crippen molar-refractivity contribution in [2.45, 2.75) is 0 Å². The predicted octanol–water partition coefficient (Wildman–Crippen LogP) is 2.73. The Bertz CT molecular complexity index is 823. The van der Waals surface area contributed by atoms with Crippen LogP contribution in [-0.4, -0.2) is 29.3 Å². The molecule has 0 bridgehead atoms. The number of phenols is 1. The summed E-state index contributed by atoms with van der Waals surface area (Å²) in [7, 11) is 1.26. The number of benzene rings is 2. The molecule has 0 heterocycles. The van der Waals surface area contributed by atoms with Crippen molar-refractivity contribution in [2.24, 2.45) is 5.10 Å². The number of hydrogen-bond donors (Lipinski definition) is 2. The van der Waals surface area contributed by atoms with Crippen LogP contribution in [0.5, 0.6) is 11.5 Å². The summed E-state index contributed by atoms with van der Waals surface area (Å²) in [6.07, 6.45) is 1.07. The van der Waals surface area contributed by atoms with E-state index in [0.29, 0.717) is 0 Å². The topological polar surface area (TPSA) is 114 Å². The van der Waals surface area contributed by atoms with Crippen LogP contribution in [0.2, 0.25) is 5.02 Å². The van der Waals surface area contributed by atoms with Gasteiger partial charge in [-0.2, -0.15) is 5.10 Å². The highest BCUT2D eigenvalue weighted by atomic mass is 35.5. The molecule has 124 valence electrons. The number of phenolic OH excluding ortho intramolecular Hbond substituents is 1. The largest absolute Gasteiger partial charge is 0.504 e. The molecule has 2 aromatic carbocycles. The zero-order chi connectivity index (χ0) is 17.7. The lowest BCUT2D eigenvalue weighted by Gasteiger charge is -2.06. The number of nitro groups is 1. The second kappa shape index (κ2) is 7.42. The summed E-state index contributed by atoms with van der Waals surface area (Å²) >= 11 is 5.89. The van der Waals surface area contributed by atoms with Crippen LogP contribution in [0.3, 0.4) is 0 Å². The van der Waals surface area contributed by atoms with Gasteiger partial charge in [0.05, 0.1) is 34.9 Å². The zero-order valence-corrected chi connectivity index (χ0v) is 13.1. The number of nitrogens with one attached hydrogen (secondary N) is 1. The second-order valence-electron chi connectivity index (χ2n) is 4.52. The van der Waals surface area contributed by atoms with Crippen molar-refractivity contribution in [3.05, 3.63) is 62.7 Å². The number of ether oxygens (including phenoxy) is 1. The lowest BCUT2D eigenvalue weighted by atomic mass is 10.2. The molecule has 0 atom stereocenters. The van der Waals surface area contributed by atoms with Gasteiger partial charge in [-0.1, -0.05) is 23.7 Å². The number of hydrazone groups is 1. The molecular formula is C15H12ClN3O5. The lowest BCUT2D eigenvalue weighted by Crippen LogP contribution is -2.18. The van der Waals surface area contributed by atoms with Crippen molar-refractivity contribution in [1.29, 1.82) is 0 Å². The number of amides is 1. The van der Waals surface area contributed by atoms with Crippen LogP contribution in [0, 0.1) is 10.1 Å². The molecule has 24 heavy (non-hydrogen) atoms. The summed E-state index contributed by atoms with van der Waals surface area (Å²) in [5.74, 6) is -0.976. The van der Waals surface area contributed by atoms with Gasteiger partial charge in [0.25, 0.3) is 11.6 Å². The fraction of sp³-hybridized carbons (Fsp3) is 0.0667. The Labute approximate surface area is 141 Å². The van der Waals surface area contributed by atoms with Gasteiger partial charge in [-0.25, -0.2) is 5.43 Å². The van der Waals surface area contributed by atoms with E-state index in [1.54, 1.807) is 18.2 Å². The van der Waals surface area contributed by atoms with Crippen molar-refractivity contribution in [1.82, 2.24) is 5.43 Å². The minimum absolute atomic E-state index is 0.0144. The molecule has 0 fully saturated rings. The van der Waals surface area contributed by atoms with E-state index in [4.69, 9.17) is 16.3 Å². The molecule has 0 radical (unpaired) electrons. The van der Waals surface area contributed by atoms with Gasteiger partial charge >= 0.3 is 0 Å². The summed E-state index contributed by atoms with van der Waals surface area (Å²) in [6.45, 7) is 0. The van der Waals surface area contributed by atoms with Gasteiger partial charge in [0.2, 0.25) is 0 Å². The normalized spacial score (nSPS) is 10.6. The highest BCUT2D eigenvalue weighted by Crippen LogP contribution is 2.33. The summed E-state index contributed by atoms with van der Waals surface area (Å²) < 4.78 is 4.87. The second-order valence-corrected chi connectivity index (χ2v) is 4.93. The molecule has 0 unspecified atom stereocenters. The number of hydrogen-bond acceptors (Lipinski definition) is 6. The van der Waals surface area contributed by atoms with E-state index in [9.17, 15) is 20.0 Å². The number of carbonyl (C=O) groups is 1. The minimum atomic E-state index is -0.637. The molecule has 1 amide bonds. The average molecular weight is 350 g/mol. The molecular weight excluding hydrogens is 338 g/mol. The maximum atomic E-state index is 11.9. The van der Waals surface area contributed by atoms with Crippen LogP contribution in [-0.2, 0) is 0 Å². The van der Waals surface area contributed by atoms with Crippen molar-refractivity contribution in [3.8, 4) is 11.5 Å². The van der Waals surface area contributed by atoms with Gasteiger partial charge in [-0.15, -0.1) is 0 Å². The molecule has 0 aliphatic carbocycles. The van der Waals surface area contributed by atoms with E-state index in [2.05, 4.69) is 10.5 Å². The van der Waals surface area contributed by atoms with E-state index in [1.165, 1.54) is 13.2 Å². The molecule has 2 rings (SSSR count). The maximum absolute atomic E-state index is 11.9. The van der Waals surface area contributed by atoms with Crippen LogP contribution in [0.15, 0.2) is 41.5 Å². The number of nitrogens with zero attached hydrogens (tertiary/aromatic N) is 2. The average Bonchev–Trinajstić information content (AvgIpc) is 2.56. The Kier molecular flexibility index (Phi) is 5.33. The van der Waals surface area contributed by atoms with Gasteiger partial charge in [0.1, 0.15) is 0 Å². The van der Waals surface area contributed by atoms with E-state index >= 15 is 0 Å². The highest BCUT2D eigenvalue weighted by Gasteiger charge is 2.16. The van der Waals surface area contributed by atoms with Gasteiger partial charge in [0, 0.05) is 11.6 Å². The number of methoxy groups -OCH3 is 1. The Hall–Kier alpha value is -3.13. The Morgan fingerprint density at radius 3 is 2.75 bits per heavy atom. The van der Waals surface area contributed by atoms with Gasteiger partial charge in [0.15, 0.2) is 11.5 Å². The van der Waals surface area contributed by atoms with E-state index in [-0.39, 0.29) is 33.3 Å². The van der Waals surface area contributed by atoms with Gasteiger partial charge in [-0.05, 0) is 12.1 Å². The molecule has 8 nitrogen and oxygen atoms in total. The van der Waals surface area contributed by atoms with Crippen molar-refractivity contribution >= 4 is 29.4 Å². The Morgan fingerprint density at radius 2 is 2.12 bits per heavy atom. The van der Waals surface area contributed by atoms with Crippen LogP contribution < -0.4 is 10.2 Å². The number of rotatable bonds is 5. The van der Waals surface area contributed by atoms with Crippen LogP contribution in [0.25, 0.3) is 0 Å².